The van der Waals surface area contributed by atoms with Crippen molar-refractivity contribution in [1.29, 1.82) is 0 Å². The van der Waals surface area contributed by atoms with Crippen LogP contribution in [0.5, 0.6) is 0 Å². The first-order valence-corrected chi connectivity index (χ1v) is 6.55. The van der Waals surface area contributed by atoms with E-state index in [-0.39, 0.29) is 0 Å². The fourth-order valence-electron chi connectivity index (χ4n) is 0.605. The summed E-state index contributed by atoms with van der Waals surface area (Å²) >= 11 is 0. The molecule has 8 nitrogen and oxygen atoms in total. The van der Waals surface area contributed by atoms with Crippen molar-refractivity contribution in [3.63, 3.8) is 0 Å². The molecule has 0 heterocycles. The molecule has 0 aromatic carbocycles. The van der Waals surface area contributed by atoms with Gasteiger partial charge < -0.3 is 19.6 Å². The minimum Gasteiger partial charge on any atom is -0.303 e. The molecule has 0 amide bonds. The van der Waals surface area contributed by atoms with E-state index in [0.717, 1.165) is 0 Å². The van der Waals surface area contributed by atoms with Gasteiger partial charge in [-0.3, -0.25) is 9.05 Å². The van der Waals surface area contributed by atoms with E-state index in [0.29, 0.717) is 0 Å². The highest BCUT2D eigenvalue weighted by Crippen LogP contribution is 2.42. The maximum absolute atomic E-state index is 10.3. The Kier molecular flexibility index (Phi) is 4.90. The van der Waals surface area contributed by atoms with Crippen molar-refractivity contribution >= 4 is 15.6 Å². The lowest BCUT2D eigenvalue weighted by Gasteiger charge is -2.20. The number of rotatable bonds is 5. The van der Waals surface area contributed by atoms with Gasteiger partial charge in [-0.1, -0.05) is 0 Å². The summed E-state index contributed by atoms with van der Waals surface area (Å²) in [4.78, 5) is 33.5. The molecule has 0 spiro atoms. The van der Waals surface area contributed by atoms with Crippen LogP contribution in [0.2, 0.25) is 0 Å². The topological polar surface area (TPSA) is 134 Å². The van der Waals surface area contributed by atoms with Crippen LogP contribution >= 0.6 is 15.6 Å². The third-order valence-corrected chi connectivity index (χ3v) is 2.48. The number of hydrogen-bond acceptors (Lipinski definition) is 4. The maximum Gasteiger partial charge on any atom is 0.469 e. The Balaban J connectivity index is 4.20. The molecule has 4 N–H and O–H groups in total. The third-order valence-electron chi connectivity index (χ3n) is 1.27. The van der Waals surface area contributed by atoms with E-state index in [4.69, 9.17) is 19.6 Å². The van der Waals surface area contributed by atoms with Gasteiger partial charge in [-0.15, -0.1) is 0 Å². The summed E-state index contributed by atoms with van der Waals surface area (Å²) in [7, 11) is -9.35. The van der Waals surface area contributed by atoms with Crippen LogP contribution in [-0.4, -0.2) is 31.8 Å². The summed E-state index contributed by atoms with van der Waals surface area (Å²) in [5.74, 6) is 0. The summed E-state index contributed by atoms with van der Waals surface area (Å²) in [6.07, 6.45) is -2.27. The van der Waals surface area contributed by atoms with Crippen LogP contribution in [0.4, 0.5) is 0 Å². The normalized spacial score (nSPS) is 17.9. The quantitative estimate of drug-likeness (QED) is 0.500. The van der Waals surface area contributed by atoms with Gasteiger partial charge in [-0.05, 0) is 13.8 Å². The molecule has 0 saturated heterocycles. The van der Waals surface area contributed by atoms with Crippen molar-refractivity contribution in [2.24, 2.45) is 0 Å². The predicted molar refractivity (Wildman–Crippen MR) is 45.2 cm³/mol. The molecule has 0 fully saturated rings. The van der Waals surface area contributed by atoms with Crippen molar-refractivity contribution in [2.75, 3.05) is 0 Å². The largest absolute Gasteiger partial charge is 0.469 e. The maximum atomic E-state index is 10.3. The van der Waals surface area contributed by atoms with Crippen molar-refractivity contribution in [2.45, 2.75) is 26.1 Å². The van der Waals surface area contributed by atoms with E-state index < -0.39 is 27.9 Å². The van der Waals surface area contributed by atoms with Gasteiger partial charge in [-0.2, -0.15) is 0 Å². The Morgan fingerprint density at radius 2 is 1.07 bits per heavy atom. The number of phosphoric acid groups is 2. The lowest BCUT2D eigenvalue weighted by Crippen LogP contribution is -2.24. The average molecular weight is 250 g/mol. The number of hydrogen-bond donors (Lipinski definition) is 4. The van der Waals surface area contributed by atoms with Gasteiger partial charge in [0.1, 0.15) is 0 Å². The first-order valence-electron chi connectivity index (χ1n) is 3.49. The summed E-state index contributed by atoms with van der Waals surface area (Å²) in [6, 6.07) is 0. The Labute approximate surface area is 80.3 Å². The molecular formula is C4H12O8P2. The van der Waals surface area contributed by atoms with Gasteiger partial charge in [0.05, 0.1) is 12.2 Å². The standard InChI is InChI=1S/C4H12O8P2/c1-3(11-13(5,6)7)4(2)12-14(8,9)10/h3-4H,1-2H3,(H2,5,6,7)(H2,8,9,10). The molecule has 0 aliphatic heterocycles. The van der Waals surface area contributed by atoms with E-state index in [9.17, 15) is 9.13 Å². The summed E-state index contributed by atoms with van der Waals surface area (Å²) < 4.78 is 29.0. The zero-order chi connectivity index (χ0) is 11.6. The second kappa shape index (κ2) is 4.83. The second-order valence-corrected chi connectivity index (χ2v) is 4.99. The zero-order valence-electron chi connectivity index (χ0n) is 7.47. The lowest BCUT2D eigenvalue weighted by molar-refractivity contribution is 0.0339. The molecule has 0 aromatic rings. The lowest BCUT2D eigenvalue weighted by atomic mass is 10.3. The molecule has 10 heteroatoms. The minimum absolute atomic E-state index is 1.14. The number of phosphoric ester groups is 2. The van der Waals surface area contributed by atoms with E-state index >= 15 is 0 Å². The monoisotopic (exact) mass is 250 g/mol. The van der Waals surface area contributed by atoms with Crippen LogP contribution in [0.15, 0.2) is 0 Å². The smallest absolute Gasteiger partial charge is 0.303 e. The molecule has 0 saturated carbocycles. The van der Waals surface area contributed by atoms with E-state index in [1.54, 1.807) is 0 Å². The highest BCUT2D eigenvalue weighted by Gasteiger charge is 2.28. The van der Waals surface area contributed by atoms with Gasteiger partial charge in [0, 0.05) is 0 Å². The first-order chi connectivity index (χ1) is 6.01. The Morgan fingerprint density at radius 1 is 0.857 bits per heavy atom. The molecular weight excluding hydrogens is 238 g/mol. The molecule has 0 rings (SSSR count). The van der Waals surface area contributed by atoms with Crippen LogP contribution in [0.3, 0.4) is 0 Å². The fraction of sp³-hybridized carbons (Fsp3) is 1.00. The fourth-order valence-corrected chi connectivity index (χ4v) is 1.81. The third kappa shape index (κ3) is 7.61. The highest BCUT2D eigenvalue weighted by molar-refractivity contribution is 7.46. The van der Waals surface area contributed by atoms with Gasteiger partial charge in [0.25, 0.3) is 0 Å². The van der Waals surface area contributed by atoms with Crippen LogP contribution in [-0.2, 0) is 18.2 Å². The van der Waals surface area contributed by atoms with Crippen molar-refractivity contribution in [1.82, 2.24) is 0 Å². The van der Waals surface area contributed by atoms with Gasteiger partial charge in [0.15, 0.2) is 0 Å². The summed E-state index contributed by atoms with van der Waals surface area (Å²) in [6.45, 7) is 2.44. The Hall–Kier alpha value is 0.220. The molecule has 0 aliphatic rings. The molecule has 14 heavy (non-hydrogen) atoms. The summed E-state index contributed by atoms with van der Waals surface area (Å²) in [5.41, 5.74) is 0. The zero-order valence-corrected chi connectivity index (χ0v) is 9.26. The average Bonchev–Trinajstić information content (AvgIpc) is 1.78. The van der Waals surface area contributed by atoms with E-state index in [1.165, 1.54) is 13.8 Å². The molecule has 0 radical (unpaired) electrons. The van der Waals surface area contributed by atoms with Crippen molar-refractivity contribution in [3.05, 3.63) is 0 Å². The second-order valence-electron chi connectivity index (χ2n) is 2.60. The first kappa shape index (κ1) is 14.2. The van der Waals surface area contributed by atoms with Gasteiger partial charge >= 0.3 is 15.6 Å². The van der Waals surface area contributed by atoms with Crippen LogP contribution in [0.25, 0.3) is 0 Å². The summed E-state index contributed by atoms with van der Waals surface area (Å²) in [5, 5.41) is 0. The molecule has 0 aliphatic carbocycles. The molecule has 2 unspecified atom stereocenters. The van der Waals surface area contributed by atoms with E-state index in [1.807, 2.05) is 0 Å². The minimum atomic E-state index is -4.67. The van der Waals surface area contributed by atoms with Crippen molar-refractivity contribution < 1.29 is 37.8 Å². The Bertz CT molecular complexity index is 237. The highest BCUT2D eigenvalue weighted by atomic mass is 31.2. The molecule has 0 aromatic heterocycles. The van der Waals surface area contributed by atoms with E-state index in [2.05, 4.69) is 9.05 Å². The van der Waals surface area contributed by atoms with Crippen molar-refractivity contribution in [3.8, 4) is 0 Å². The molecule has 0 bridgehead atoms. The SMILES string of the molecule is CC(OP(=O)(O)O)C(C)OP(=O)(O)O. The van der Waals surface area contributed by atoms with Gasteiger partial charge in [0.2, 0.25) is 0 Å². The molecule has 2 atom stereocenters. The van der Waals surface area contributed by atoms with Crippen LogP contribution in [0.1, 0.15) is 13.8 Å². The van der Waals surface area contributed by atoms with Crippen LogP contribution in [0, 0.1) is 0 Å². The molecule has 86 valence electrons. The predicted octanol–water partition coefficient (Wildman–Crippen LogP) is -0.0180. The van der Waals surface area contributed by atoms with Gasteiger partial charge in [-0.25, -0.2) is 9.13 Å². The Morgan fingerprint density at radius 3 is 1.21 bits per heavy atom. The van der Waals surface area contributed by atoms with Crippen LogP contribution < -0.4 is 0 Å².